The average molecular weight is 365 g/mol. The molecule has 4 rings (SSSR count). The number of amides is 1. The highest BCUT2D eigenvalue weighted by Crippen LogP contribution is 2.44. The lowest BCUT2D eigenvalue weighted by Gasteiger charge is -2.19. The number of carboxylic acids is 1. The van der Waals surface area contributed by atoms with Crippen LogP contribution in [0.5, 0.6) is 0 Å². The Balaban J connectivity index is 1.44. The number of carbonyl (C=O) groups excluding carboxylic acids is 1. The van der Waals surface area contributed by atoms with E-state index < -0.39 is 12.1 Å². The summed E-state index contributed by atoms with van der Waals surface area (Å²) in [7, 11) is 0. The highest BCUT2D eigenvalue weighted by atomic mass is 16.5. The van der Waals surface area contributed by atoms with Crippen molar-refractivity contribution in [1.82, 2.24) is 5.32 Å². The van der Waals surface area contributed by atoms with Crippen molar-refractivity contribution in [2.24, 2.45) is 11.8 Å². The predicted octanol–water partition coefficient (Wildman–Crippen LogP) is 4.02. The number of rotatable bonds is 6. The summed E-state index contributed by atoms with van der Waals surface area (Å²) in [4.78, 5) is 23.4. The van der Waals surface area contributed by atoms with Crippen LogP contribution in [-0.2, 0) is 9.53 Å². The van der Waals surface area contributed by atoms with Gasteiger partial charge in [-0.3, -0.25) is 4.79 Å². The van der Waals surface area contributed by atoms with Gasteiger partial charge >= 0.3 is 12.1 Å². The number of aliphatic carboxylic acids is 1. The standard InChI is InChI=1S/C22H23NO4/c1-13-10-18(13)20(11-21(24)25)23-22(26)27-12-19-16-8-4-2-6-14(16)15-7-3-5-9-17(15)19/h2-9,13,18-20H,10-12H2,1H3,(H,23,26)(H,24,25). The minimum absolute atomic E-state index is 0.000854. The molecule has 140 valence electrons. The van der Waals surface area contributed by atoms with Crippen molar-refractivity contribution >= 4 is 12.1 Å². The van der Waals surface area contributed by atoms with Crippen LogP contribution in [0, 0.1) is 11.8 Å². The van der Waals surface area contributed by atoms with Crippen molar-refractivity contribution in [2.75, 3.05) is 6.61 Å². The average Bonchev–Trinajstić information content (AvgIpc) is 3.29. The monoisotopic (exact) mass is 365 g/mol. The number of alkyl carbamates (subject to hydrolysis) is 1. The number of carboxylic acid groups (broad SMARTS) is 1. The Morgan fingerprint density at radius 1 is 1.11 bits per heavy atom. The van der Waals surface area contributed by atoms with E-state index in [1.165, 1.54) is 11.1 Å². The summed E-state index contributed by atoms with van der Waals surface area (Å²) in [6.07, 6.45) is 0.336. The van der Waals surface area contributed by atoms with Crippen molar-refractivity contribution in [1.29, 1.82) is 0 Å². The van der Waals surface area contributed by atoms with Gasteiger partial charge in [0.15, 0.2) is 0 Å². The molecule has 0 heterocycles. The van der Waals surface area contributed by atoms with E-state index in [2.05, 4.69) is 36.5 Å². The number of ether oxygens (including phenoxy) is 1. The van der Waals surface area contributed by atoms with Gasteiger partial charge in [-0.2, -0.15) is 0 Å². The van der Waals surface area contributed by atoms with Gasteiger partial charge in [0.1, 0.15) is 6.61 Å². The SMILES string of the molecule is CC1CC1C(CC(=O)O)NC(=O)OCC1c2ccccc2-c2ccccc21. The third kappa shape index (κ3) is 3.54. The maximum atomic E-state index is 12.3. The molecule has 1 fully saturated rings. The highest BCUT2D eigenvalue weighted by molar-refractivity contribution is 5.79. The Hall–Kier alpha value is -2.82. The molecule has 0 radical (unpaired) electrons. The quantitative estimate of drug-likeness (QED) is 0.811. The normalized spacial score (nSPS) is 21.1. The van der Waals surface area contributed by atoms with Crippen LogP contribution in [-0.4, -0.2) is 29.8 Å². The molecule has 0 bridgehead atoms. The molecule has 3 atom stereocenters. The zero-order valence-corrected chi connectivity index (χ0v) is 15.2. The van der Waals surface area contributed by atoms with Crippen molar-refractivity contribution in [3.05, 3.63) is 59.7 Å². The van der Waals surface area contributed by atoms with Gasteiger partial charge in [0.25, 0.3) is 0 Å². The van der Waals surface area contributed by atoms with E-state index in [4.69, 9.17) is 9.84 Å². The van der Waals surface area contributed by atoms with Gasteiger partial charge in [-0.15, -0.1) is 0 Å². The fraction of sp³-hybridized carbons (Fsp3) is 0.364. The van der Waals surface area contributed by atoms with Crippen LogP contribution in [0.25, 0.3) is 11.1 Å². The Morgan fingerprint density at radius 3 is 2.19 bits per heavy atom. The lowest BCUT2D eigenvalue weighted by molar-refractivity contribution is -0.137. The van der Waals surface area contributed by atoms with Crippen LogP contribution in [0.4, 0.5) is 4.79 Å². The molecule has 0 aliphatic heterocycles. The molecule has 27 heavy (non-hydrogen) atoms. The van der Waals surface area contributed by atoms with Gasteiger partial charge in [-0.1, -0.05) is 55.5 Å². The summed E-state index contributed by atoms with van der Waals surface area (Å²) >= 11 is 0. The number of hydrogen-bond donors (Lipinski definition) is 2. The molecule has 2 N–H and O–H groups in total. The second kappa shape index (κ2) is 7.06. The lowest BCUT2D eigenvalue weighted by Crippen LogP contribution is -2.39. The topological polar surface area (TPSA) is 75.6 Å². The van der Waals surface area contributed by atoms with Gasteiger partial charge in [-0.25, -0.2) is 4.79 Å². The second-order valence-corrected chi connectivity index (χ2v) is 7.55. The van der Waals surface area contributed by atoms with Gasteiger partial charge in [-0.05, 0) is 40.5 Å². The maximum absolute atomic E-state index is 12.3. The smallest absolute Gasteiger partial charge is 0.407 e. The first kappa shape index (κ1) is 17.6. The first-order valence-corrected chi connectivity index (χ1v) is 9.38. The van der Waals surface area contributed by atoms with E-state index in [1.54, 1.807) is 0 Å². The summed E-state index contributed by atoms with van der Waals surface area (Å²) < 4.78 is 5.52. The first-order chi connectivity index (χ1) is 13.0. The van der Waals surface area contributed by atoms with Gasteiger partial charge in [0.2, 0.25) is 0 Å². The summed E-state index contributed by atoms with van der Waals surface area (Å²) in [6, 6.07) is 16.0. The van der Waals surface area contributed by atoms with Crippen molar-refractivity contribution in [3.63, 3.8) is 0 Å². The molecule has 1 amide bonds. The van der Waals surface area contributed by atoms with E-state index >= 15 is 0 Å². The van der Waals surface area contributed by atoms with Crippen molar-refractivity contribution in [3.8, 4) is 11.1 Å². The van der Waals surface area contributed by atoms with Crippen LogP contribution < -0.4 is 5.32 Å². The first-order valence-electron chi connectivity index (χ1n) is 9.38. The van der Waals surface area contributed by atoms with E-state index in [0.29, 0.717) is 5.92 Å². The third-order valence-electron chi connectivity index (χ3n) is 5.73. The van der Waals surface area contributed by atoms with E-state index in [1.807, 2.05) is 24.3 Å². The highest BCUT2D eigenvalue weighted by Gasteiger charge is 2.41. The van der Waals surface area contributed by atoms with E-state index in [9.17, 15) is 9.59 Å². The molecular weight excluding hydrogens is 342 g/mol. The van der Waals surface area contributed by atoms with Crippen LogP contribution in [0.2, 0.25) is 0 Å². The molecule has 5 nitrogen and oxygen atoms in total. The fourth-order valence-corrected chi connectivity index (χ4v) is 4.20. The van der Waals surface area contributed by atoms with Crippen LogP contribution in [0.3, 0.4) is 0 Å². The van der Waals surface area contributed by atoms with Crippen LogP contribution in [0.1, 0.15) is 36.8 Å². The molecule has 2 aliphatic carbocycles. The number of nitrogens with one attached hydrogen (secondary N) is 1. The number of fused-ring (bicyclic) bond motifs is 3. The fourth-order valence-electron chi connectivity index (χ4n) is 4.20. The largest absolute Gasteiger partial charge is 0.481 e. The van der Waals surface area contributed by atoms with Gasteiger partial charge in [0.05, 0.1) is 6.42 Å². The molecule has 5 heteroatoms. The number of hydrogen-bond acceptors (Lipinski definition) is 3. The summed E-state index contributed by atoms with van der Waals surface area (Å²) in [5.41, 5.74) is 4.67. The molecule has 2 aromatic rings. The molecular formula is C22H23NO4. The van der Waals surface area contributed by atoms with Crippen LogP contribution >= 0.6 is 0 Å². The van der Waals surface area contributed by atoms with E-state index in [-0.39, 0.29) is 30.9 Å². The van der Waals surface area contributed by atoms with Gasteiger partial charge in [0, 0.05) is 12.0 Å². The number of carbonyl (C=O) groups is 2. The summed E-state index contributed by atoms with van der Waals surface area (Å²) in [5, 5.41) is 11.9. The molecule has 0 aromatic heterocycles. The van der Waals surface area contributed by atoms with Crippen LogP contribution in [0.15, 0.2) is 48.5 Å². The second-order valence-electron chi connectivity index (χ2n) is 7.55. The summed E-state index contributed by atoms with van der Waals surface area (Å²) in [6.45, 7) is 2.30. The molecule has 1 saturated carbocycles. The zero-order valence-electron chi connectivity index (χ0n) is 15.2. The minimum atomic E-state index is -0.905. The summed E-state index contributed by atoms with van der Waals surface area (Å²) in [5.74, 6) is -0.233. The Morgan fingerprint density at radius 2 is 1.67 bits per heavy atom. The lowest BCUT2D eigenvalue weighted by atomic mass is 9.98. The number of benzene rings is 2. The minimum Gasteiger partial charge on any atom is -0.481 e. The maximum Gasteiger partial charge on any atom is 0.407 e. The molecule has 0 spiro atoms. The Kier molecular flexibility index (Phi) is 4.60. The molecule has 3 unspecified atom stereocenters. The molecule has 2 aliphatic rings. The third-order valence-corrected chi connectivity index (χ3v) is 5.73. The molecule has 2 aromatic carbocycles. The van der Waals surface area contributed by atoms with Gasteiger partial charge < -0.3 is 15.2 Å². The Bertz CT molecular complexity index is 833. The predicted molar refractivity (Wildman–Crippen MR) is 102 cm³/mol. The molecule has 0 saturated heterocycles. The van der Waals surface area contributed by atoms with Crippen molar-refractivity contribution in [2.45, 2.75) is 31.7 Å². The van der Waals surface area contributed by atoms with Crippen molar-refractivity contribution < 1.29 is 19.4 Å². The van der Waals surface area contributed by atoms with E-state index in [0.717, 1.165) is 17.5 Å². The Labute approximate surface area is 158 Å². The zero-order chi connectivity index (χ0) is 19.0.